The van der Waals surface area contributed by atoms with E-state index < -0.39 is 12.2 Å². The molecule has 0 radical (unpaired) electrons. The van der Waals surface area contributed by atoms with E-state index in [1.165, 1.54) is 0 Å². The molecule has 0 rings (SSSR count). The molecule has 0 fully saturated rings. The molecule has 0 aromatic heterocycles. The number of quaternary nitrogens is 1. The fourth-order valence-electron chi connectivity index (χ4n) is 1.33. The molecule has 0 aromatic rings. The van der Waals surface area contributed by atoms with E-state index in [1.54, 1.807) is 0 Å². The van der Waals surface area contributed by atoms with Crippen LogP contribution < -0.4 is 0 Å². The maximum Gasteiger partial charge on any atom is 0.126 e. The molecule has 2 atom stereocenters. The van der Waals surface area contributed by atoms with Crippen molar-refractivity contribution < 1.29 is 24.9 Å². The van der Waals surface area contributed by atoms with E-state index in [0.29, 0.717) is 17.6 Å². The maximum atomic E-state index is 9.17. The summed E-state index contributed by atoms with van der Waals surface area (Å²) in [5.41, 5.74) is 0. The Morgan fingerprint density at radius 2 is 1.21 bits per heavy atom. The van der Waals surface area contributed by atoms with Gasteiger partial charge in [-0.05, 0) is 0 Å². The van der Waals surface area contributed by atoms with Gasteiger partial charge in [-0.2, -0.15) is 0 Å². The number of nitrogens with zero attached hydrogens (tertiary/aromatic N) is 1. The average molecular weight is 209 g/mol. The summed E-state index contributed by atoms with van der Waals surface area (Å²) in [4.78, 5) is 0. The Hall–Kier alpha value is -0.200. The van der Waals surface area contributed by atoms with Gasteiger partial charge in [-0.3, -0.25) is 0 Å². The summed E-state index contributed by atoms with van der Waals surface area (Å²) in [6, 6.07) is 0. The topological polar surface area (TPSA) is 80.9 Å². The minimum Gasteiger partial charge on any atom is -0.393 e. The van der Waals surface area contributed by atoms with Gasteiger partial charge in [0.1, 0.15) is 25.3 Å². The number of likely N-dealkylation sites (N-methyl/N-ethyl adjacent to an activating group) is 1. The van der Waals surface area contributed by atoms with Gasteiger partial charge in [0.25, 0.3) is 0 Å². The van der Waals surface area contributed by atoms with Crippen LogP contribution in [-0.4, -0.2) is 77.5 Å². The van der Waals surface area contributed by atoms with Gasteiger partial charge in [-0.1, -0.05) is 0 Å². The highest BCUT2D eigenvalue weighted by molar-refractivity contribution is 4.54. The summed E-state index contributed by atoms with van der Waals surface area (Å²) in [6.07, 6.45) is -1.55. The third kappa shape index (κ3) is 7.23. The van der Waals surface area contributed by atoms with Gasteiger partial charge in [-0.15, -0.1) is 0 Å². The van der Waals surface area contributed by atoms with Crippen LogP contribution in [0.2, 0.25) is 0 Å². The molecule has 4 N–H and O–H groups in total. The van der Waals surface area contributed by atoms with Gasteiger partial charge in [0.2, 0.25) is 0 Å². The largest absolute Gasteiger partial charge is 0.393 e. The molecule has 0 heterocycles. The van der Waals surface area contributed by atoms with Gasteiger partial charge in [0, 0.05) is 0 Å². The van der Waals surface area contributed by atoms with Crippen molar-refractivity contribution >= 4 is 0 Å². The smallest absolute Gasteiger partial charge is 0.126 e. The molecule has 0 aliphatic rings. The molecule has 0 saturated carbocycles. The highest BCUT2D eigenvalue weighted by Gasteiger charge is 2.23. The van der Waals surface area contributed by atoms with E-state index >= 15 is 0 Å². The molecule has 0 aliphatic carbocycles. The lowest BCUT2D eigenvalue weighted by Crippen LogP contribution is -2.51. The summed E-state index contributed by atoms with van der Waals surface area (Å²) in [5, 5.41) is 35.6. The van der Waals surface area contributed by atoms with E-state index in [-0.39, 0.29) is 20.6 Å². The van der Waals surface area contributed by atoms with E-state index in [2.05, 4.69) is 0 Å². The molecular formula is C9H23NO4. The Balaban J connectivity index is 0. The first-order valence-electron chi connectivity index (χ1n) is 4.31. The van der Waals surface area contributed by atoms with Crippen LogP contribution in [0.5, 0.6) is 0 Å². The Labute approximate surface area is 85.8 Å². The Kier molecular flexibility index (Phi) is 8.28. The van der Waals surface area contributed by atoms with Crippen molar-refractivity contribution in [1.29, 1.82) is 0 Å². The number of aliphatic hydroxyl groups excluding tert-OH is 4. The van der Waals surface area contributed by atoms with Crippen LogP contribution in [0.25, 0.3) is 0 Å². The molecule has 0 amide bonds. The first kappa shape index (κ1) is 16.2. The monoisotopic (exact) mass is 209 g/mol. The van der Waals surface area contributed by atoms with E-state index in [9.17, 15) is 0 Å². The first-order valence-corrected chi connectivity index (χ1v) is 4.31. The van der Waals surface area contributed by atoms with Crippen LogP contribution in [-0.2, 0) is 0 Å². The SMILES string of the molecule is C[N+](C)(CC(O)CO)CC(O)CO.[CH3-]. The molecule has 5 nitrogen and oxygen atoms in total. The van der Waals surface area contributed by atoms with E-state index in [0.717, 1.165) is 0 Å². The molecule has 2 unspecified atom stereocenters. The Bertz CT molecular complexity index is 127. The summed E-state index contributed by atoms with van der Waals surface area (Å²) in [5.74, 6) is 0. The lowest BCUT2D eigenvalue weighted by Gasteiger charge is -2.32. The van der Waals surface area contributed by atoms with E-state index in [1.807, 2.05) is 14.1 Å². The lowest BCUT2D eigenvalue weighted by atomic mass is 10.2. The van der Waals surface area contributed by atoms with Crippen molar-refractivity contribution in [3.8, 4) is 0 Å². The third-order valence-electron chi connectivity index (χ3n) is 1.83. The van der Waals surface area contributed by atoms with Crippen LogP contribution in [0, 0.1) is 7.43 Å². The predicted octanol–water partition coefficient (Wildman–Crippen LogP) is -1.78. The zero-order valence-electron chi connectivity index (χ0n) is 9.22. The second kappa shape index (κ2) is 7.14. The zero-order chi connectivity index (χ0) is 10.5. The molecule has 0 aromatic carbocycles. The second-order valence-electron chi connectivity index (χ2n) is 3.97. The highest BCUT2D eigenvalue weighted by Crippen LogP contribution is 2.01. The van der Waals surface area contributed by atoms with Crippen LogP contribution in [0.4, 0.5) is 0 Å². The predicted molar refractivity (Wildman–Crippen MR) is 54.4 cm³/mol. The fourth-order valence-corrected chi connectivity index (χ4v) is 1.33. The van der Waals surface area contributed by atoms with Crippen molar-refractivity contribution in [2.45, 2.75) is 12.2 Å². The van der Waals surface area contributed by atoms with Gasteiger partial charge < -0.3 is 32.3 Å². The number of hydrogen-bond acceptors (Lipinski definition) is 4. The zero-order valence-corrected chi connectivity index (χ0v) is 9.22. The van der Waals surface area contributed by atoms with Gasteiger partial charge >= 0.3 is 0 Å². The van der Waals surface area contributed by atoms with Crippen LogP contribution in [0.1, 0.15) is 0 Å². The molecule has 0 aliphatic heterocycles. The molecule has 0 bridgehead atoms. The van der Waals surface area contributed by atoms with Crippen molar-refractivity contribution in [2.75, 3.05) is 40.4 Å². The van der Waals surface area contributed by atoms with Crippen molar-refractivity contribution in [3.05, 3.63) is 7.43 Å². The summed E-state index contributed by atoms with van der Waals surface area (Å²) < 4.78 is 0.365. The van der Waals surface area contributed by atoms with Gasteiger partial charge in [0.05, 0.1) is 27.3 Å². The summed E-state index contributed by atoms with van der Waals surface area (Å²) in [7, 11) is 3.63. The minimum absolute atomic E-state index is 0. The lowest BCUT2D eigenvalue weighted by molar-refractivity contribution is -0.896. The molecule has 0 spiro atoms. The quantitative estimate of drug-likeness (QED) is 0.308. The molecule has 14 heavy (non-hydrogen) atoms. The Morgan fingerprint density at radius 3 is 1.43 bits per heavy atom. The highest BCUT2D eigenvalue weighted by atomic mass is 16.3. The maximum absolute atomic E-state index is 9.17. The van der Waals surface area contributed by atoms with Crippen molar-refractivity contribution in [1.82, 2.24) is 0 Å². The number of rotatable bonds is 6. The summed E-state index contributed by atoms with van der Waals surface area (Å²) >= 11 is 0. The standard InChI is InChI=1S/C8H20NO4.CH3/c1-9(2,3-7(12)5-10)4-8(13)6-11;/h7-8,10-13H,3-6H2,1-2H3;1H3/q+1;-1. The minimum atomic E-state index is -0.777. The van der Waals surface area contributed by atoms with Crippen LogP contribution in [0.15, 0.2) is 0 Å². The summed E-state index contributed by atoms with van der Waals surface area (Å²) in [6.45, 7) is 0.148. The fraction of sp³-hybridized carbons (Fsp3) is 0.889. The average Bonchev–Trinajstić information content (AvgIpc) is 2.02. The van der Waals surface area contributed by atoms with Crippen molar-refractivity contribution in [3.63, 3.8) is 0 Å². The molecule has 88 valence electrons. The van der Waals surface area contributed by atoms with Gasteiger partial charge in [0.15, 0.2) is 0 Å². The number of aliphatic hydroxyl groups is 4. The third-order valence-corrected chi connectivity index (χ3v) is 1.83. The van der Waals surface area contributed by atoms with Gasteiger partial charge in [-0.25, -0.2) is 0 Å². The number of hydrogen-bond donors (Lipinski definition) is 4. The molecule has 0 saturated heterocycles. The normalized spacial score (nSPS) is 15.9. The van der Waals surface area contributed by atoms with Crippen molar-refractivity contribution in [2.24, 2.45) is 0 Å². The Morgan fingerprint density at radius 1 is 0.929 bits per heavy atom. The first-order chi connectivity index (χ1) is 5.91. The second-order valence-corrected chi connectivity index (χ2v) is 3.97. The van der Waals surface area contributed by atoms with E-state index in [4.69, 9.17) is 20.4 Å². The van der Waals surface area contributed by atoms with Crippen LogP contribution in [0.3, 0.4) is 0 Å². The molecule has 5 heteroatoms. The molecular weight excluding hydrogens is 186 g/mol. The van der Waals surface area contributed by atoms with Crippen LogP contribution >= 0.6 is 0 Å².